The molecular weight excluding hydrogens is 336 g/mol. The highest BCUT2D eigenvalue weighted by Gasteiger charge is 2.16. The number of ether oxygens (including phenoxy) is 2. The Morgan fingerprint density at radius 2 is 1.77 bits per heavy atom. The molecule has 0 aliphatic rings. The maximum Gasteiger partial charge on any atom is 0.515 e. The lowest BCUT2D eigenvalue weighted by Gasteiger charge is -2.07. The molecule has 1 N–H and O–H groups in total. The number of carbonyl (C=O) groups excluding carboxylic acids is 1. The van der Waals surface area contributed by atoms with Gasteiger partial charge in [-0.15, -0.1) is 0 Å². The molecule has 1 heterocycles. The van der Waals surface area contributed by atoms with Gasteiger partial charge in [-0.25, -0.2) is 9.59 Å². The second kappa shape index (κ2) is 7.52. The molecule has 26 heavy (non-hydrogen) atoms. The molecule has 7 nitrogen and oxygen atoms in total. The summed E-state index contributed by atoms with van der Waals surface area (Å²) in [7, 11) is 0. The van der Waals surface area contributed by atoms with E-state index in [2.05, 4.69) is 5.10 Å². The van der Waals surface area contributed by atoms with E-state index < -0.39 is 12.1 Å². The van der Waals surface area contributed by atoms with Crippen LogP contribution < -0.4 is 4.74 Å². The lowest BCUT2D eigenvalue weighted by Crippen LogP contribution is -2.13. The Hall–Kier alpha value is -3.61. The molecular formula is C19H16N2O5. The quantitative estimate of drug-likeness (QED) is 0.703. The van der Waals surface area contributed by atoms with Crippen LogP contribution in [-0.2, 0) is 4.74 Å². The van der Waals surface area contributed by atoms with Gasteiger partial charge in [0.25, 0.3) is 0 Å². The Bertz CT molecular complexity index is 917. The molecule has 2 aromatic carbocycles. The lowest BCUT2D eigenvalue weighted by atomic mass is 10.2. The van der Waals surface area contributed by atoms with Crippen LogP contribution in [-0.4, -0.2) is 33.6 Å². The van der Waals surface area contributed by atoms with Gasteiger partial charge < -0.3 is 14.6 Å². The van der Waals surface area contributed by atoms with Crippen molar-refractivity contribution in [2.24, 2.45) is 0 Å². The molecule has 3 rings (SSSR count). The van der Waals surface area contributed by atoms with E-state index in [1.807, 2.05) is 30.3 Å². The number of aromatic nitrogens is 2. The third-order valence-electron chi connectivity index (χ3n) is 3.56. The molecule has 0 spiro atoms. The normalized spacial score (nSPS) is 10.3. The minimum atomic E-state index is -1.02. The minimum Gasteiger partial charge on any atom is -0.478 e. The van der Waals surface area contributed by atoms with Crippen LogP contribution in [0.3, 0.4) is 0 Å². The third-order valence-corrected chi connectivity index (χ3v) is 3.56. The van der Waals surface area contributed by atoms with Crippen LogP contribution >= 0.6 is 0 Å². The van der Waals surface area contributed by atoms with Crippen LogP contribution in [0.15, 0.2) is 60.7 Å². The first-order valence-electron chi connectivity index (χ1n) is 7.92. The Morgan fingerprint density at radius 1 is 1.08 bits per heavy atom. The minimum absolute atomic E-state index is 0.150. The van der Waals surface area contributed by atoms with Crippen molar-refractivity contribution in [2.75, 3.05) is 6.61 Å². The van der Waals surface area contributed by atoms with Crippen LogP contribution in [0.1, 0.15) is 17.3 Å². The number of carboxylic acids is 1. The molecule has 0 fully saturated rings. The van der Waals surface area contributed by atoms with Crippen molar-refractivity contribution in [1.29, 1.82) is 0 Å². The van der Waals surface area contributed by atoms with Gasteiger partial charge in [0.05, 0.1) is 23.6 Å². The standard InChI is InChI=1S/C19H16N2O5/c1-2-25-19(24)26-17-12-16(13-6-4-3-5-7-13)20-21(17)15-10-8-14(9-11-15)18(22)23/h3-12H,2H2,1H3,(H,22,23). The summed E-state index contributed by atoms with van der Waals surface area (Å²) in [5, 5.41) is 13.5. The Kier molecular flexibility index (Phi) is 4.98. The van der Waals surface area contributed by atoms with E-state index in [1.165, 1.54) is 16.8 Å². The number of aromatic carboxylic acids is 1. The van der Waals surface area contributed by atoms with E-state index in [1.54, 1.807) is 25.1 Å². The predicted molar refractivity (Wildman–Crippen MR) is 93.6 cm³/mol. The van der Waals surface area contributed by atoms with Gasteiger partial charge in [-0.2, -0.15) is 9.78 Å². The molecule has 7 heteroatoms. The highest BCUT2D eigenvalue weighted by Crippen LogP contribution is 2.26. The second-order valence-corrected chi connectivity index (χ2v) is 5.28. The van der Waals surface area contributed by atoms with Gasteiger partial charge >= 0.3 is 12.1 Å². The van der Waals surface area contributed by atoms with E-state index in [-0.39, 0.29) is 18.1 Å². The summed E-state index contributed by atoms with van der Waals surface area (Å²) in [4.78, 5) is 22.7. The highest BCUT2D eigenvalue weighted by atomic mass is 16.7. The monoisotopic (exact) mass is 352 g/mol. The summed E-state index contributed by atoms with van der Waals surface area (Å²) in [5.74, 6) is -0.852. The van der Waals surface area contributed by atoms with Crippen LogP contribution in [0, 0.1) is 0 Å². The van der Waals surface area contributed by atoms with Crippen molar-refractivity contribution in [2.45, 2.75) is 6.92 Å². The van der Waals surface area contributed by atoms with Gasteiger partial charge in [-0.3, -0.25) is 0 Å². The number of nitrogens with zero attached hydrogens (tertiary/aromatic N) is 2. The number of hydrogen-bond acceptors (Lipinski definition) is 5. The molecule has 132 valence electrons. The molecule has 0 bridgehead atoms. The Labute approximate surface area is 149 Å². The zero-order valence-electron chi connectivity index (χ0n) is 14.0. The molecule has 0 atom stereocenters. The molecule has 3 aromatic rings. The number of carbonyl (C=O) groups is 2. The maximum atomic E-state index is 11.7. The molecule has 0 saturated carbocycles. The highest BCUT2D eigenvalue weighted by molar-refractivity contribution is 5.87. The maximum absolute atomic E-state index is 11.7. The van der Waals surface area contributed by atoms with Crippen molar-refractivity contribution in [3.05, 3.63) is 66.2 Å². The molecule has 1 aromatic heterocycles. The first-order valence-corrected chi connectivity index (χ1v) is 7.92. The van der Waals surface area contributed by atoms with Gasteiger partial charge in [0.2, 0.25) is 5.88 Å². The molecule has 0 amide bonds. The van der Waals surface area contributed by atoms with Gasteiger partial charge in [0, 0.05) is 11.6 Å². The number of benzene rings is 2. The summed E-state index contributed by atoms with van der Waals surface area (Å²) in [6.45, 7) is 1.87. The predicted octanol–water partition coefficient (Wildman–Crippen LogP) is 3.77. The Balaban J connectivity index is 2.02. The zero-order chi connectivity index (χ0) is 18.5. The zero-order valence-corrected chi connectivity index (χ0v) is 14.0. The second-order valence-electron chi connectivity index (χ2n) is 5.28. The summed E-state index contributed by atoms with van der Waals surface area (Å²) >= 11 is 0. The number of carboxylic acid groups (broad SMARTS) is 1. The lowest BCUT2D eigenvalue weighted by molar-refractivity contribution is 0.0696. The first-order chi connectivity index (χ1) is 12.6. The van der Waals surface area contributed by atoms with Crippen molar-refractivity contribution >= 4 is 12.1 Å². The van der Waals surface area contributed by atoms with Gasteiger partial charge in [-0.1, -0.05) is 30.3 Å². The van der Waals surface area contributed by atoms with E-state index in [0.717, 1.165) is 5.56 Å². The SMILES string of the molecule is CCOC(=O)Oc1cc(-c2ccccc2)nn1-c1ccc(C(=O)O)cc1. The summed E-state index contributed by atoms with van der Waals surface area (Å²) < 4.78 is 11.5. The first kappa shape index (κ1) is 17.2. The Morgan fingerprint density at radius 3 is 2.38 bits per heavy atom. The van der Waals surface area contributed by atoms with Crippen LogP contribution in [0.4, 0.5) is 4.79 Å². The van der Waals surface area contributed by atoms with E-state index in [4.69, 9.17) is 14.6 Å². The van der Waals surface area contributed by atoms with Gasteiger partial charge in [0.1, 0.15) is 0 Å². The third kappa shape index (κ3) is 3.72. The summed E-state index contributed by atoms with van der Waals surface area (Å²) in [6.07, 6.45) is -0.838. The summed E-state index contributed by atoms with van der Waals surface area (Å²) in [6, 6.07) is 17.1. The molecule has 0 saturated heterocycles. The molecule has 0 unspecified atom stereocenters. The van der Waals surface area contributed by atoms with E-state index in [9.17, 15) is 9.59 Å². The topological polar surface area (TPSA) is 90.7 Å². The molecule has 0 aliphatic heterocycles. The van der Waals surface area contributed by atoms with Crippen molar-refractivity contribution in [3.8, 4) is 22.8 Å². The van der Waals surface area contributed by atoms with Crippen molar-refractivity contribution in [1.82, 2.24) is 9.78 Å². The van der Waals surface area contributed by atoms with Crippen LogP contribution in [0.25, 0.3) is 16.9 Å². The van der Waals surface area contributed by atoms with Crippen LogP contribution in [0.5, 0.6) is 5.88 Å². The van der Waals surface area contributed by atoms with Gasteiger partial charge in [0.15, 0.2) is 0 Å². The van der Waals surface area contributed by atoms with Crippen LogP contribution in [0.2, 0.25) is 0 Å². The fraction of sp³-hybridized carbons (Fsp3) is 0.105. The largest absolute Gasteiger partial charge is 0.515 e. The summed E-state index contributed by atoms with van der Waals surface area (Å²) in [5.41, 5.74) is 2.16. The molecule has 0 aliphatic carbocycles. The number of hydrogen-bond donors (Lipinski definition) is 1. The average molecular weight is 352 g/mol. The number of rotatable bonds is 5. The fourth-order valence-corrected chi connectivity index (χ4v) is 2.35. The van der Waals surface area contributed by atoms with Crippen molar-refractivity contribution in [3.63, 3.8) is 0 Å². The van der Waals surface area contributed by atoms with Crippen molar-refractivity contribution < 1.29 is 24.2 Å². The van der Waals surface area contributed by atoms with E-state index in [0.29, 0.717) is 11.4 Å². The smallest absolute Gasteiger partial charge is 0.478 e. The van der Waals surface area contributed by atoms with Gasteiger partial charge in [-0.05, 0) is 31.2 Å². The fourth-order valence-electron chi connectivity index (χ4n) is 2.35. The van der Waals surface area contributed by atoms with E-state index >= 15 is 0 Å². The average Bonchev–Trinajstić information content (AvgIpc) is 3.06. The molecule has 0 radical (unpaired) electrons.